The lowest BCUT2D eigenvalue weighted by atomic mass is 9.70. The molecule has 2 bridgehead atoms. The van der Waals surface area contributed by atoms with Crippen LogP contribution in [0.25, 0.3) is 0 Å². The molecule has 3 heterocycles. The molecular formula is C25H32N2O7. The minimum atomic E-state index is -1.15. The maximum absolute atomic E-state index is 14.1. The summed E-state index contributed by atoms with van der Waals surface area (Å²) in [5.74, 6) is -2.88. The average Bonchev–Trinajstić information content (AvgIpc) is 3.47. The van der Waals surface area contributed by atoms with Crippen LogP contribution in [0.4, 0.5) is 5.69 Å². The van der Waals surface area contributed by atoms with Crippen LogP contribution in [0.1, 0.15) is 32.1 Å². The van der Waals surface area contributed by atoms with Crippen molar-refractivity contribution in [1.29, 1.82) is 0 Å². The van der Waals surface area contributed by atoms with Gasteiger partial charge in [0.05, 0.1) is 25.0 Å². The van der Waals surface area contributed by atoms with Gasteiger partial charge in [0.2, 0.25) is 5.91 Å². The van der Waals surface area contributed by atoms with Crippen LogP contribution in [0.15, 0.2) is 36.9 Å². The molecule has 9 heteroatoms. The van der Waals surface area contributed by atoms with Gasteiger partial charge in [-0.05, 0) is 56.4 Å². The lowest BCUT2D eigenvalue weighted by Crippen LogP contribution is -2.56. The Labute approximate surface area is 198 Å². The van der Waals surface area contributed by atoms with Crippen molar-refractivity contribution in [3.8, 4) is 5.75 Å². The Morgan fingerprint density at radius 2 is 2.03 bits per heavy atom. The van der Waals surface area contributed by atoms with E-state index in [4.69, 9.17) is 14.6 Å². The number of aliphatic hydroxyl groups excluding tert-OH is 1. The maximum atomic E-state index is 14.1. The predicted octanol–water partition coefficient (Wildman–Crippen LogP) is 1.84. The zero-order chi connectivity index (χ0) is 24.5. The molecule has 4 rings (SSSR count). The number of hydrogen-bond donors (Lipinski definition) is 2. The Morgan fingerprint density at radius 1 is 1.29 bits per heavy atom. The van der Waals surface area contributed by atoms with Crippen molar-refractivity contribution >= 4 is 23.5 Å². The van der Waals surface area contributed by atoms with Crippen LogP contribution in [0.3, 0.4) is 0 Å². The van der Waals surface area contributed by atoms with Gasteiger partial charge in [0.15, 0.2) is 0 Å². The first kappa shape index (κ1) is 24.2. The lowest BCUT2D eigenvalue weighted by Gasteiger charge is -2.36. The fourth-order valence-electron chi connectivity index (χ4n) is 5.89. The van der Waals surface area contributed by atoms with E-state index < -0.39 is 35.6 Å². The van der Waals surface area contributed by atoms with E-state index in [1.54, 1.807) is 42.4 Å². The van der Waals surface area contributed by atoms with E-state index >= 15 is 0 Å². The molecule has 3 aliphatic rings. The molecule has 0 aromatic heterocycles. The number of fused-ring (bicyclic) bond motifs is 1. The van der Waals surface area contributed by atoms with E-state index in [-0.39, 0.29) is 25.0 Å². The van der Waals surface area contributed by atoms with Crippen molar-refractivity contribution in [1.82, 2.24) is 4.90 Å². The van der Waals surface area contributed by atoms with Crippen molar-refractivity contribution in [3.05, 3.63) is 36.9 Å². The first-order valence-corrected chi connectivity index (χ1v) is 11.8. The van der Waals surface area contributed by atoms with Gasteiger partial charge in [-0.2, -0.15) is 0 Å². The molecule has 5 atom stereocenters. The topological polar surface area (TPSA) is 117 Å². The molecule has 184 valence electrons. The molecule has 34 heavy (non-hydrogen) atoms. The number of amides is 2. The highest BCUT2D eigenvalue weighted by molar-refractivity contribution is 6.04. The van der Waals surface area contributed by atoms with Gasteiger partial charge in [-0.15, -0.1) is 6.58 Å². The van der Waals surface area contributed by atoms with E-state index in [0.717, 1.165) is 0 Å². The van der Waals surface area contributed by atoms with Crippen LogP contribution in [0.2, 0.25) is 0 Å². The SMILES string of the molecule is C=CCN(C(=O)[C@H]1N(CCCCCO)C(=O)[C@@H]2[C@@H](C(=O)O)[C@H]3CC[C@]21O3)c1ccc(OC)cc1. The number of aliphatic carboxylic acids is 1. The molecule has 0 saturated carbocycles. The number of carboxylic acids is 1. The molecule has 3 aliphatic heterocycles. The van der Waals surface area contributed by atoms with Gasteiger partial charge >= 0.3 is 5.97 Å². The Balaban J connectivity index is 1.71. The Bertz CT molecular complexity index is 949. The fourth-order valence-corrected chi connectivity index (χ4v) is 5.89. The molecule has 1 aromatic carbocycles. The quantitative estimate of drug-likeness (QED) is 0.373. The number of carboxylic acid groups (broad SMARTS) is 1. The van der Waals surface area contributed by atoms with Crippen LogP contribution in [0, 0.1) is 11.8 Å². The minimum absolute atomic E-state index is 0.0549. The summed E-state index contributed by atoms with van der Waals surface area (Å²) in [5.41, 5.74) is -0.523. The highest BCUT2D eigenvalue weighted by Crippen LogP contribution is 2.58. The van der Waals surface area contributed by atoms with Crippen LogP contribution in [-0.2, 0) is 19.1 Å². The van der Waals surface area contributed by atoms with Crippen molar-refractivity contribution in [2.24, 2.45) is 11.8 Å². The molecule has 1 aromatic rings. The van der Waals surface area contributed by atoms with Crippen molar-refractivity contribution in [3.63, 3.8) is 0 Å². The molecule has 3 saturated heterocycles. The average molecular weight is 473 g/mol. The summed E-state index contributed by atoms with van der Waals surface area (Å²) in [4.78, 5) is 42.9. The van der Waals surface area contributed by atoms with E-state index in [1.165, 1.54) is 4.90 Å². The number of anilines is 1. The fraction of sp³-hybridized carbons (Fsp3) is 0.560. The standard InChI is InChI=1S/C25H32N2O7/c1-3-13-26(16-7-9-17(33-2)10-8-16)23(30)21-25-12-11-18(34-25)19(24(31)32)20(25)22(29)27(21)14-5-4-6-15-28/h3,7-10,18-21,28H,1,4-6,11-15H2,2H3,(H,31,32)/t18-,19+,20+,21-,25+/m1/s1. The van der Waals surface area contributed by atoms with Gasteiger partial charge < -0.3 is 29.5 Å². The Morgan fingerprint density at radius 3 is 2.65 bits per heavy atom. The van der Waals surface area contributed by atoms with Gasteiger partial charge in [0.1, 0.15) is 17.4 Å². The van der Waals surface area contributed by atoms with Crippen molar-refractivity contribution in [2.45, 2.75) is 49.9 Å². The maximum Gasteiger partial charge on any atom is 0.310 e. The number of nitrogens with zero attached hydrogens (tertiary/aromatic N) is 2. The van der Waals surface area contributed by atoms with Gasteiger partial charge in [-0.3, -0.25) is 14.4 Å². The van der Waals surface area contributed by atoms with E-state index in [1.807, 2.05) is 0 Å². The number of likely N-dealkylation sites (tertiary alicyclic amines) is 1. The number of rotatable bonds is 11. The third kappa shape index (κ3) is 3.86. The smallest absolute Gasteiger partial charge is 0.310 e. The Kier molecular flexibility index (Phi) is 6.95. The summed E-state index contributed by atoms with van der Waals surface area (Å²) < 4.78 is 11.5. The number of ether oxygens (including phenoxy) is 2. The van der Waals surface area contributed by atoms with Gasteiger partial charge in [-0.1, -0.05) is 6.08 Å². The number of aliphatic hydroxyl groups is 1. The van der Waals surface area contributed by atoms with Crippen LogP contribution in [0.5, 0.6) is 5.75 Å². The highest BCUT2D eigenvalue weighted by Gasteiger charge is 2.74. The highest BCUT2D eigenvalue weighted by atomic mass is 16.5. The molecule has 0 unspecified atom stereocenters. The largest absolute Gasteiger partial charge is 0.497 e. The summed E-state index contributed by atoms with van der Waals surface area (Å²) in [6.07, 6.45) is 3.92. The van der Waals surface area contributed by atoms with Gasteiger partial charge in [-0.25, -0.2) is 0 Å². The van der Waals surface area contributed by atoms with Gasteiger partial charge in [0.25, 0.3) is 5.91 Å². The lowest BCUT2D eigenvalue weighted by molar-refractivity contribution is -0.149. The normalized spacial score (nSPS) is 29.2. The number of benzene rings is 1. The van der Waals surface area contributed by atoms with E-state index in [2.05, 4.69) is 6.58 Å². The third-order valence-corrected chi connectivity index (χ3v) is 7.34. The molecule has 0 aliphatic carbocycles. The molecular weight excluding hydrogens is 440 g/mol. The molecule has 0 radical (unpaired) electrons. The number of carbonyl (C=O) groups excluding carboxylic acids is 2. The summed E-state index contributed by atoms with van der Waals surface area (Å²) >= 11 is 0. The summed E-state index contributed by atoms with van der Waals surface area (Å²) in [6.45, 7) is 4.37. The first-order chi connectivity index (χ1) is 16.4. The third-order valence-electron chi connectivity index (χ3n) is 7.34. The monoisotopic (exact) mass is 472 g/mol. The van der Waals surface area contributed by atoms with E-state index in [9.17, 15) is 19.5 Å². The second-order valence-electron chi connectivity index (χ2n) is 9.15. The van der Waals surface area contributed by atoms with Gasteiger partial charge in [0, 0.05) is 25.4 Å². The summed E-state index contributed by atoms with van der Waals surface area (Å²) in [5, 5.41) is 19.0. The number of unbranched alkanes of at least 4 members (excludes halogenated alkanes) is 2. The molecule has 2 amide bonds. The summed E-state index contributed by atoms with van der Waals surface area (Å²) in [6, 6.07) is 6.13. The predicted molar refractivity (Wildman–Crippen MR) is 123 cm³/mol. The molecule has 2 N–H and O–H groups in total. The van der Waals surface area contributed by atoms with Crippen LogP contribution >= 0.6 is 0 Å². The first-order valence-electron chi connectivity index (χ1n) is 11.8. The van der Waals surface area contributed by atoms with Crippen molar-refractivity contribution in [2.75, 3.05) is 31.7 Å². The molecule has 1 spiro atoms. The minimum Gasteiger partial charge on any atom is -0.497 e. The molecule has 9 nitrogen and oxygen atoms in total. The second-order valence-corrected chi connectivity index (χ2v) is 9.15. The second kappa shape index (κ2) is 9.76. The number of methoxy groups -OCH3 is 1. The Hall–Kier alpha value is -2.91. The van der Waals surface area contributed by atoms with Crippen molar-refractivity contribution < 1.29 is 34.1 Å². The zero-order valence-corrected chi connectivity index (χ0v) is 19.4. The number of hydrogen-bond acceptors (Lipinski definition) is 6. The molecule has 3 fully saturated rings. The number of carbonyl (C=O) groups is 3. The van der Waals surface area contributed by atoms with E-state index in [0.29, 0.717) is 50.1 Å². The summed E-state index contributed by atoms with van der Waals surface area (Å²) in [7, 11) is 1.56. The zero-order valence-electron chi connectivity index (χ0n) is 19.4. The van der Waals surface area contributed by atoms with Crippen LogP contribution < -0.4 is 9.64 Å². The van der Waals surface area contributed by atoms with Crippen LogP contribution in [-0.4, -0.2) is 77.4 Å².